The molecule has 2 rings (SSSR count). The molecule has 26 heavy (non-hydrogen) atoms. The van der Waals surface area contributed by atoms with Crippen LogP contribution in [-0.4, -0.2) is 13.1 Å². The number of terminal acetylenes is 1. The maximum Gasteiger partial charge on any atom is 0.350 e. The second kappa shape index (κ2) is 8.93. The first-order valence-electron chi connectivity index (χ1n) is 7.68. The number of esters is 1. The number of hydrogen-bond donors (Lipinski definition) is 1. The fourth-order valence-corrected chi connectivity index (χ4v) is 2.67. The van der Waals surface area contributed by atoms with E-state index in [2.05, 4.69) is 28.4 Å². The van der Waals surface area contributed by atoms with Crippen LogP contribution in [0.3, 0.4) is 0 Å². The number of nitrogens with two attached hydrogens (primary N) is 1. The minimum Gasteiger partial charge on any atom is -0.487 e. The molecule has 0 saturated carbocycles. The van der Waals surface area contributed by atoms with E-state index in [1.165, 1.54) is 7.11 Å². The van der Waals surface area contributed by atoms with Crippen molar-refractivity contribution in [1.29, 1.82) is 0 Å². The van der Waals surface area contributed by atoms with E-state index in [9.17, 15) is 4.79 Å². The van der Waals surface area contributed by atoms with Crippen molar-refractivity contribution in [2.24, 2.45) is 5.73 Å². The minimum absolute atomic E-state index is 0.0201. The molecule has 4 nitrogen and oxygen atoms in total. The molecule has 2 aromatic carbocycles. The van der Waals surface area contributed by atoms with Gasteiger partial charge in [-0.25, -0.2) is 4.79 Å². The van der Waals surface area contributed by atoms with Crippen LogP contribution in [0.2, 0.25) is 0 Å². The summed E-state index contributed by atoms with van der Waals surface area (Å²) in [6.07, 6.45) is 5.56. The lowest BCUT2D eigenvalue weighted by atomic mass is 10.0. The zero-order chi connectivity index (χ0) is 19.1. The van der Waals surface area contributed by atoms with Gasteiger partial charge in [0.2, 0.25) is 0 Å². The van der Waals surface area contributed by atoms with E-state index < -0.39 is 5.97 Å². The molecule has 2 N–H and O–H groups in total. The fraction of sp³-hybridized carbons (Fsp3) is 0.0952. The van der Waals surface area contributed by atoms with Crippen molar-refractivity contribution in [3.8, 4) is 12.3 Å². The molecule has 0 aromatic heterocycles. The number of rotatable bonds is 6. The highest BCUT2D eigenvalue weighted by atomic mass is 79.9. The summed E-state index contributed by atoms with van der Waals surface area (Å²) in [5.41, 5.74) is 8.32. The number of methoxy groups -OCH3 is 1. The van der Waals surface area contributed by atoms with Gasteiger partial charge in [-0.1, -0.05) is 58.8 Å². The topological polar surface area (TPSA) is 61.5 Å². The molecule has 5 heteroatoms. The van der Waals surface area contributed by atoms with Gasteiger partial charge in [0, 0.05) is 21.3 Å². The summed E-state index contributed by atoms with van der Waals surface area (Å²) in [4.78, 5) is 12.2. The second-order valence-electron chi connectivity index (χ2n) is 5.33. The van der Waals surface area contributed by atoms with Gasteiger partial charge in [-0.2, -0.15) is 0 Å². The Hall–Kier alpha value is -2.97. The van der Waals surface area contributed by atoms with Crippen LogP contribution in [-0.2, 0) is 20.9 Å². The van der Waals surface area contributed by atoms with Crippen molar-refractivity contribution >= 4 is 33.4 Å². The lowest BCUT2D eigenvalue weighted by Gasteiger charge is -2.17. The Morgan fingerprint density at radius 3 is 2.50 bits per heavy atom. The number of carbonyl (C=O) groups excluding carboxylic acids is 1. The van der Waals surface area contributed by atoms with Crippen LogP contribution >= 0.6 is 15.9 Å². The van der Waals surface area contributed by atoms with Crippen LogP contribution in [0, 0.1) is 12.3 Å². The van der Waals surface area contributed by atoms with Gasteiger partial charge in [-0.3, -0.25) is 0 Å². The minimum atomic E-state index is -0.660. The van der Waals surface area contributed by atoms with Crippen LogP contribution in [0.1, 0.15) is 16.7 Å². The molecule has 0 spiro atoms. The monoisotopic (exact) mass is 411 g/mol. The molecule has 0 aliphatic rings. The highest BCUT2D eigenvalue weighted by Gasteiger charge is 2.21. The van der Waals surface area contributed by atoms with E-state index in [0.29, 0.717) is 16.8 Å². The van der Waals surface area contributed by atoms with Gasteiger partial charge in [-0.05, 0) is 23.8 Å². The van der Waals surface area contributed by atoms with Crippen LogP contribution in [0.4, 0.5) is 0 Å². The predicted molar refractivity (Wildman–Crippen MR) is 106 cm³/mol. The third-order valence-electron chi connectivity index (χ3n) is 3.56. The molecule has 132 valence electrons. The van der Waals surface area contributed by atoms with Crippen LogP contribution in [0.5, 0.6) is 0 Å². The van der Waals surface area contributed by atoms with E-state index in [4.69, 9.17) is 21.6 Å². The average Bonchev–Trinajstić information content (AvgIpc) is 2.65. The third-order valence-corrected chi connectivity index (χ3v) is 4.05. The first kappa shape index (κ1) is 19.4. The van der Waals surface area contributed by atoms with E-state index in [0.717, 1.165) is 10.0 Å². The summed E-state index contributed by atoms with van der Waals surface area (Å²) in [5, 5.41) is 0. The van der Waals surface area contributed by atoms with Gasteiger partial charge in [0.05, 0.1) is 7.11 Å². The number of halogens is 1. The molecule has 0 aliphatic heterocycles. The second-order valence-corrected chi connectivity index (χ2v) is 6.25. The van der Waals surface area contributed by atoms with Gasteiger partial charge in [0.1, 0.15) is 6.61 Å². The van der Waals surface area contributed by atoms with E-state index in [-0.39, 0.29) is 17.9 Å². The molecule has 0 radical (unpaired) electrons. The van der Waals surface area contributed by atoms with Crippen LogP contribution in [0.25, 0.3) is 11.5 Å². The SMILES string of the molecule is C#C/C(C(=O)OC)=C(/OCc1ccccc1)c1ccc(Br)cc1C(=C)N. The van der Waals surface area contributed by atoms with Crippen LogP contribution < -0.4 is 5.73 Å². The van der Waals surface area contributed by atoms with E-state index in [1.54, 1.807) is 18.2 Å². The summed E-state index contributed by atoms with van der Waals surface area (Å²) in [5.74, 6) is 1.93. The average molecular weight is 412 g/mol. The summed E-state index contributed by atoms with van der Waals surface area (Å²) in [6, 6.07) is 14.9. The highest BCUT2D eigenvalue weighted by Crippen LogP contribution is 2.30. The Morgan fingerprint density at radius 2 is 1.92 bits per heavy atom. The number of ether oxygens (including phenoxy) is 2. The van der Waals surface area contributed by atoms with Crippen molar-refractivity contribution in [3.05, 3.63) is 81.8 Å². The van der Waals surface area contributed by atoms with Gasteiger partial charge in [0.25, 0.3) is 0 Å². The molecule has 2 aromatic rings. The lowest BCUT2D eigenvalue weighted by Crippen LogP contribution is -2.10. The predicted octanol–water partition coefficient (Wildman–Crippen LogP) is 4.11. The van der Waals surface area contributed by atoms with Crippen molar-refractivity contribution in [3.63, 3.8) is 0 Å². The molecule has 0 fully saturated rings. The number of hydrogen-bond acceptors (Lipinski definition) is 4. The summed E-state index contributed by atoms with van der Waals surface area (Å²) in [6.45, 7) is 4.02. The number of carbonyl (C=O) groups is 1. The summed E-state index contributed by atoms with van der Waals surface area (Å²) < 4.78 is 11.6. The Kier molecular flexibility index (Phi) is 6.65. The molecule has 0 aliphatic carbocycles. The van der Waals surface area contributed by atoms with Gasteiger partial charge in [0.15, 0.2) is 11.3 Å². The van der Waals surface area contributed by atoms with Gasteiger partial charge in [-0.15, -0.1) is 6.42 Å². The molecular weight excluding hydrogens is 394 g/mol. The first-order chi connectivity index (χ1) is 12.5. The standard InChI is InChI=1S/C21H18BrNO3/c1-4-17(21(24)25-3)20(26-13-15-8-6-5-7-9-15)18-11-10-16(22)12-19(18)14(2)23/h1,5-12H,2,13,23H2,3H3/b20-17-. The number of benzene rings is 2. The third kappa shape index (κ3) is 4.56. The van der Waals surface area contributed by atoms with Crippen molar-refractivity contribution < 1.29 is 14.3 Å². The molecule has 0 heterocycles. The molecule has 0 bridgehead atoms. The highest BCUT2D eigenvalue weighted by molar-refractivity contribution is 9.10. The maximum absolute atomic E-state index is 12.2. The molecule has 0 unspecified atom stereocenters. The molecular formula is C21H18BrNO3. The zero-order valence-electron chi connectivity index (χ0n) is 14.3. The molecule has 0 atom stereocenters. The molecule has 0 saturated heterocycles. The maximum atomic E-state index is 12.2. The smallest absolute Gasteiger partial charge is 0.350 e. The summed E-state index contributed by atoms with van der Waals surface area (Å²) >= 11 is 3.40. The largest absolute Gasteiger partial charge is 0.487 e. The summed E-state index contributed by atoms with van der Waals surface area (Å²) in [7, 11) is 1.26. The van der Waals surface area contributed by atoms with Crippen LogP contribution in [0.15, 0.2) is 65.2 Å². The van der Waals surface area contributed by atoms with Crippen molar-refractivity contribution in [2.45, 2.75) is 6.61 Å². The Morgan fingerprint density at radius 1 is 1.23 bits per heavy atom. The normalized spacial score (nSPS) is 11.1. The Labute approximate surface area is 161 Å². The lowest BCUT2D eigenvalue weighted by molar-refractivity contribution is -0.135. The Bertz CT molecular complexity index is 895. The van der Waals surface area contributed by atoms with Gasteiger partial charge < -0.3 is 15.2 Å². The zero-order valence-corrected chi connectivity index (χ0v) is 15.9. The first-order valence-corrected chi connectivity index (χ1v) is 8.47. The van der Waals surface area contributed by atoms with E-state index in [1.807, 2.05) is 30.3 Å². The molecule has 0 amide bonds. The fourth-order valence-electron chi connectivity index (χ4n) is 2.31. The van der Waals surface area contributed by atoms with Gasteiger partial charge >= 0.3 is 5.97 Å². The Balaban J connectivity index is 2.58. The van der Waals surface area contributed by atoms with Crippen molar-refractivity contribution in [1.82, 2.24) is 0 Å². The van der Waals surface area contributed by atoms with Crippen molar-refractivity contribution in [2.75, 3.05) is 7.11 Å². The van der Waals surface area contributed by atoms with E-state index >= 15 is 0 Å². The quantitative estimate of drug-likeness (QED) is 0.336.